The Bertz CT molecular complexity index is 374. The van der Waals surface area contributed by atoms with Crippen molar-refractivity contribution in [1.82, 2.24) is 5.32 Å². The summed E-state index contributed by atoms with van der Waals surface area (Å²) in [5.74, 6) is 3.15. The van der Waals surface area contributed by atoms with E-state index in [-0.39, 0.29) is 0 Å². The topological polar surface area (TPSA) is 12.0 Å². The highest BCUT2D eigenvalue weighted by Gasteiger charge is 2.53. The molecule has 0 bridgehead atoms. The van der Waals surface area contributed by atoms with Crippen LogP contribution in [0.3, 0.4) is 0 Å². The summed E-state index contributed by atoms with van der Waals surface area (Å²) >= 11 is 0. The smallest absolute Gasteiger partial charge is 0.00979 e. The van der Waals surface area contributed by atoms with Gasteiger partial charge in [0.1, 0.15) is 0 Å². The molecule has 1 N–H and O–H groups in total. The molecule has 2 fully saturated rings. The number of hydrogen-bond donors (Lipinski definition) is 1. The van der Waals surface area contributed by atoms with Crippen molar-refractivity contribution in [2.24, 2.45) is 17.8 Å². The maximum atomic E-state index is 3.61. The minimum Gasteiger partial charge on any atom is -0.317 e. The van der Waals surface area contributed by atoms with E-state index < -0.39 is 0 Å². The van der Waals surface area contributed by atoms with Crippen molar-refractivity contribution in [2.75, 3.05) is 7.05 Å². The molecular weight excluding hydrogens is 230 g/mol. The van der Waals surface area contributed by atoms with Gasteiger partial charge in [-0.05, 0) is 62.5 Å². The van der Waals surface area contributed by atoms with E-state index in [1.807, 2.05) is 0 Å². The maximum Gasteiger partial charge on any atom is 0.00979 e. The predicted molar refractivity (Wildman–Crippen MR) is 81.2 cm³/mol. The molecule has 3 atom stereocenters. The fourth-order valence-electron chi connectivity index (χ4n) is 4.34. The van der Waals surface area contributed by atoms with E-state index in [2.05, 4.69) is 42.7 Å². The van der Waals surface area contributed by atoms with Crippen LogP contribution in [0, 0.1) is 17.8 Å². The zero-order chi connectivity index (χ0) is 13.1. The van der Waals surface area contributed by atoms with E-state index in [4.69, 9.17) is 0 Å². The van der Waals surface area contributed by atoms with Crippen molar-refractivity contribution >= 4 is 0 Å². The molecule has 1 aromatic rings. The van der Waals surface area contributed by atoms with E-state index in [1.165, 1.54) is 50.5 Å². The van der Waals surface area contributed by atoms with Crippen LogP contribution in [0.5, 0.6) is 0 Å². The lowest BCUT2D eigenvalue weighted by atomic mass is 10.00. The van der Waals surface area contributed by atoms with Gasteiger partial charge in [0.2, 0.25) is 0 Å². The third kappa shape index (κ3) is 3.02. The first-order chi connectivity index (χ1) is 9.40. The summed E-state index contributed by atoms with van der Waals surface area (Å²) in [6, 6.07) is 11.7. The zero-order valence-electron chi connectivity index (χ0n) is 12.1. The Morgan fingerprint density at radius 3 is 2.42 bits per heavy atom. The lowest BCUT2D eigenvalue weighted by Gasteiger charge is -2.16. The van der Waals surface area contributed by atoms with Crippen molar-refractivity contribution in [3.8, 4) is 0 Å². The van der Waals surface area contributed by atoms with E-state index >= 15 is 0 Å². The van der Waals surface area contributed by atoms with Gasteiger partial charge in [0.15, 0.2) is 0 Å². The normalized spacial score (nSPS) is 30.7. The average molecular weight is 257 g/mol. The molecule has 2 aliphatic carbocycles. The zero-order valence-corrected chi connectivity index (χ0v) is 12.1. The molecule has 3 rings (SSSR count). The Morgan fingerprint density at radius 2 is 1.79 bits per heavy atom. The number of aryl methyl sites for hydroxylation is 1. The van der Waals surface area contributed by atoms with Gasteiger partial charge in [0, 0.05) is 6.04 Å². The van der Waals surface area contributed by atoms with Crippen LogP contribution in [0.25, 0.3) is 0 Å². The summed E-state index contributed by atoms with van der Waals surface area (Å²) in [7, 11) is 2.16. The number of fused-ring (bicyclic) bond motifs is 1. The molecule has 1 aromatic carbocycles. The number of nitrogens with one attached hydrogen (secondary N) is 1. The van der Waals surface area contributed by atoms with Crippen molar-refractivity contribution in [3.05, 3.63) is 35.9 Å². The standard InChI is InChI=1S/C18H27N/c1-19-17(18-15-11-5-6-12-16(15)18)13-7-10-14-8-3-2-4-9-14/h2-4,8-9,15-19H,5-7,10-13H2,1H3. The fraction of sp³-hybridized carbons (Fsp3) is 0.667. The first-order valence-electron chi connectivity index (χ1n) is 8.11. The summed E-state index contributed by atoms with van der Waals surface area (Å²) in [5, 5.41) is 3.61. The highest BCUT2D eigenvalue weighted by molar-refractivity contribution is 5.14. The average Bonchev–Trinajstić information content (AvgIpc) is 3.19. The highest BCUT2D eigenvalue weighted by Crippen LogP contribution is 2.57. The van der Waals surface area contributed by atoms with Crippen molar-refractivity contribution in [3.63, 3.8) is 0 Å². The molecule has 0 heterocycles. The molecule has 0 aliphatic heterocycles. The van der Waals surface area contributed by atoms with Gasteiger partial charge in [0.05, 0.1) is 0 Å². The first kappa shape index (κ1) is 13.2. The molecule has 19 heavy (non-hydrogen) atoms. The highest BCUT2D eigenvalue weighted by atomic mass is 14.9. The molecule has 1 nitrogen and oxygen atoms in total. The quantitative estimate of drug-likeness (QED) is 0.811. The van der Waals surface area contributed by atoms with E-state index in [9.17, 15) is 0 Å². The molecule has 2 saturated carbocycles. The second-order valence-corrected chi connectivity index (χ2v) is 6.46. The van der Waals surface area contributed by atoms with Crippen molar-refractivity contribution in [1.29, 1.82) is 0 Å². The van der Waals surface area contributed by atoms with Crippen LogP contribution in [0.2, 0.25) is 0 Å². The molecule has 0 aromatic heterocycles. The summed E-state index contributed by atoms with van der Waals surface area (Å²) < 4.78 is 0. The minimum absolute atomic E-state index is 0.775. The molecule has 1 heteroatoms. The van der Waals surface area contributed by atoms with Crippen molar-refractivity contribution in [2.45, 2.75) is 51.0 Å². The summed E-state index contributed by atoms with van der Waals surface area (Å²) in [6.07, 6.45) is 9.89. The molecule has 2 aliphatic rings. The van der Waals surface area contributed by atoms with Crippen LogP contribution in [0.1, 0.15) is 44.1 Å². The summed E-state index contributed by atoms with van der Waals surface area (Å²) in [4.78, 5) is 0. The minimum atomic E-state index is 0.775. The van der Waals surface area contributed by atoms with Crippen LogP contribution in [0.15, 0.2) is 30.3 Å². The van der Waals surface area contributed by atoms with Gasteiger partial charge in [0.25, 0.3) is 0 Å². The van der Waals surface area contributed by atoms with Gasteiger partial charge in [-0.15, -0.1) is 0 Å². The van der Waals surface area contributed by atoms with Crippen LogP contribution < -0.4 is 5.32 Å². The van der Waals surface area contributed by atoms with Crippen molar-refractivity contribution < 1.29 is 0 Å². The lowest BCUT2D eigenvalue weighted by molar-refractivity contribution is 0.424. The fourth-order valence-corrected chi connectivity index (χ4v) is 4.34. The third-order valence-corrected chi connectivity index (χ3v) is 5.38. The Hall–Kier alpha value is -0.820. The van der Waals surface area contributed by atoms with E-state index in [0.29, 0.717) is 0 Å². The molecule has 0 saturated heterocycles. The monoisotopic (exact) mass is 257 g/mol. The number of benzene rings is 1. The maximum absolute atomic E-state index is 3.61. The Morgan fingerprint density at radius 1 is 1.11 bits per heavy atom. The Labute approximate surface area is 117 Å². The van der Waals surface area contributed by atoms with Gasteiger partial charge in [-0.1, -0.05) is 43.2 Å². The van der Waals surface area contributed by atoms with Crippen LogP contribution in [-0.2, 0) is 6.42 Å². The number of hydrogen-bond acceptors (Lipinski definition) is 1. The molecule has 104 valence electrons. The van der Waals surface area contributed by atoms with Gasteiger partial charge in [-0.25, -0.2) is 0 Å². The largest absolute Gasteiger partial charge is 0.317 e. The van der Waals surface area contributed by atoms with E-state index in [0.717, 1.165) is 23.8 Å². The second-order valence-electron chi connectivity index (χ2n) is 6.46. The summed E-state index contributed by atoms with van der Waals surface area (Å²) in [5.41, 5.74) is 1.49. The van der Waals surface area contributed by atoms with Gasteiger partial charge in [-0.2, -0.15) is 0 Å². The van der Waals surface area contributed by atoms with E-state index in [1.54, 1.807) is 0 Å². The Kier molecular flexibility index (Phi) is 4.22. The van der Waals surface area contributed by atoms with Gasteiger partial charge < -0.3 is 5.32 Å². The van der Waals surface area contributed by atoms with Crippen LogP contribution in [-0.4, -0.2) is 13.1 Å². The van der Waals surface area contributed by atoms with Gasteiger partial charge >= 0.3 is 0 Å². The molecule has 0 amide bonds. The molecule has 3 unspecified atom stereocenters. The molecular formula is C18H27N. The SMILES string of the molecule is CNC(CCCc1ccccc1)C1C2CCCCC21. The van der Waals surface area contributed by atoms with Crippen LogP contribution >= 0.6 is 0 Å². The van der Waals surface area contributed by atoms with Gasteiger partial charge in [-0.3, -0.25) is 0 Å². The first-order valence-corrected chi connectivity index (χ1v) is 8.11. The Balaban J connectivity index is 1.46. The molecule has 0 spiro atoms. The van der Waals surface area contributed by atoms with Crippen LogP contribution in [0.4, 0.5) is 0 Å². The summed E-state index contributed by atoms with van der Waals surface area (Å²) in [6.45, 7) is 0. The lowest BCUT2D eigenvalue weighted by Crippen LogP contribution is -2.28. The third-order valence-electron chi connectivity index (χ3n) is 5.38. The number of rotatable bonds is 6. The predicted octanol–water partition coefficient (Wildman–Crippen LogP) is 4.03. The molecule has 0 radical (unpaired) electrons. The second kappa shape index (κ2) is 6.09.